The molecule has 0 fully saturated rings. The Morgan fingerprint density at radius 1 is 1.04 bits per heavy atom. The second-order valence-corrected chi connectivity index (χ2v) is 6.12. The predicted molar refractivity (Wildman–Crippen MR) is 98.0 cm³/mol. The Balaban J connectivity index is 2.00. The number of benzene rings is 2. The molecule has 5 heteroatoms. The molecule has 2 N–H and O–H groups in total. The maximum absolute atomic E-state index is 13.0. The van der Waals surface area contributed by atoms with Crippen LogP contribution in [0.4, 0.5) is 10.5 Å². The van der Waals surface area contributed by atoms with Gasteiger partial charge in [0.25, 0.3) is 5.91 Å². The third-order valence-corrected chi connectivity index (χ3v) is 4.52. The van der Waals surface area contributed by atoms with E-state index in [9.17, 15) is 9.59 Å². The molecule has 0 bridgehead atoms. The van der Waals surface area contributed by atoms with Gasteiger partial charge in [-0.25, -0.2) is 4.79 Å². The highest BCUT2D eigenvalue weighted by molar-refractivity contribution is 6.07. The summed E-state index contributed by atoms with van der Waals surface area (Å²) in [5.74, 6) is -0.215. The van der Waals surface area contributed by atoms with Crippen molar-refractivity contribution in [3.8, 4) is 0 Å². The average Bonchev–Trinajstić information content (AvgIpc) is 2.62. The molecule has 0 spiro atoms. The number of nitrogens with zero attached hydrogens (tertiary/aromatic N) is 1. The summed E-state index contributed by atoms with van der Waals surface area (Å²) in [6.45, 7) is 3.74. The maximum atomic E-state index is 13.0. The molecule has 2 aromatic rings. The number of carbonyl (C=O) groups is 2. The minimum absolute atomic E-state index is 0.215. The van der Waals surface area contributed by atoms with Crippen molar-refractivity contribution >= 4 is 17.6 Å². The van der Waals surface area contributed by atoms with Gasteiger partial charge in [0.05, 0.1) is 11.6 Å². The average molecular weight is 335 g/mol. The molecule has 3 rings (SSSR count). The number of para-hydroxylation sites is 1. The van der Waals surface area contributed by atoms with Crippen LogP contribution >= 0.6 is 0 Å². The van der Waals surface area contributed by atoms with Gasteiger partial charge in [0, 0.05) is 18.4 Å². The van der Waals surface area contributed by atoms with Crippen molar-refractivity contribution in [2.45, 2.75) is 19.9 Å². The van der Waals surface area contributed by atoms with Crippen LogP contribution in [-0.4, -0.2) is 23.9 Å². The van der Waals surface area contributed by atoms with E-state index in [2.05, 4.69) is 10.6 Å². The van der Waals surface area contributed by atoms with E-state index in [1.54, 1.807) is 14.0 Å². The fourth-order valence-corrected chi connectivity index (χ4v) is 2.93. The molecule has 0 unspecified atom stereocenters. The summed E-state index contributed by atoms with van der Waals surface area (Å²) in [5, 5.41) is 5.88. The second-order valence-electron chi connectivity index (χ2n) is 6.12. The van der Waals surface area contributed by atoms with Gasteiger partial charge < -0.3 is 15.5 Å². The molecule has 1 atom stereocenters. The smallest absolute Gasteiger partial charge is 0.322 e. The van der Waals surface area contributed by atoms with Crippen LogP contribution in [0, 0.1) is 6.92 Å². The second kappa shape index (κ2) is 6.81. The molecule has 1 aliphatic heterocycles. The summed E-state index contributed by atoms with van der Waals surface area (Å²) >= 11 is 0. The van der Waals surface area contributed by atoms with Crippen molar-refractivity contribution in [1.82, 2.24) is 10.2 Å². The van der Waals surface area contributed by atoms with Gasteiger partial charge in [-0.1, -0.05) is 48.5 Å². The van der Waals surface area contributed by atoms with E-state index in [0.29, 0.717) is 11.3 Å². The Hall–Kier alpha value is -3.08. The quantitative estimate of drug-likeness (QED) is 0.900. The lowest BCUT2D eigenvalue weighted by Crippen LogP contribution is -2.46. The van der Waals surface area contributed by atoms with Gasteiger partial charge in [-0.05, 0) is 31.0 Å². The first-order chi connectivity index (χ1) is 12.0. The first-order valence-electron chi connectivity index (χ1n) is 8.16. The number of nitrogens with one attached hydrogen (secondary N) is 2. The summed E-state index contributed by atoms with van der Waals surface area (Å²) in [6, 6.07) is 16.4. The lowest BCUT2D eigenvalue weighted by atomic mass is 9.94. The lowest BCUT2D eigenvalue weighted by molar-refractivity contribution is -0.113. The SMILES string of the molecule is CC1=C(C(=O)Nc2ccccc2C)[C@H](c2ccccc2)NC(=O)N1C. The molecule has 1 aliphatic rings. The molecule has 0 aromatic heterocycles. The number of carbonyl (C=O) groups excluding carboxylic acids is 2. The summed E-state index contributed by atoms with van der Waals surface area (Å²) in [6.07, 6.45) is 0. The lowest BCUT2D eigenvalue weighted by Gasteiger charge is -2.33. The first kappa shape index (κ1) is 16.8. The zero-order chi connectivity index (χ0) is 18.0. The van der Waals surface area contributed by atoms with Crippen molar-refractivity contribution in [3.05, 3.63) is 77.0 Å². The molecule has 0 saturated heterocycles. The molecule has 0 aliphatic carbocycles. The van der Waals surface area contributed by atoms with E-state index in [-0.39, 0.29) is 11.9 Å². The number of hydrogen-bond acceptors (Lipinski definition) is 2. The van der Waals surface area contributed by atoms with E-state index in [1.807, 2.05) is 61.5 Å². The molecular formula is C20H21N3O2. The van der Waals surface area contributed by atoms with Gasteiger partial charge in [-0.2, -0.15) is 0 Å². The van der Waals surface area contributed by atoms with Gasteiger partial charge in [-0.15, -0.1) is 0 Å². The van der Waals surface area contributed by atoms with Gasteiger partial charge >= 0.3 is 6.03 Å². The summed E-state index contributed by atoms with van der Waals surface area (Å²) < 4.78 is 0. The number of hydrogen-bond donors (Lipinski definition) is 2. The summed E-state index contributed by atoms with van der Waals surface area (Å²) in [7, 11) is 1.66. The Kier molecular flexibility index (Phi) is 4.57. The first-order valence-corrected chi connectivity index (χ1v) is 8.16. The molecule has 3 amide bonds. The van der Waals surface area contributed by atoms with E-state index >= 15 is 0 Å². The van der Waals surface area contributed by atoms with Crippen LogP contribution in [0.25, 0.3) is 0 Å². The van der Waals surface area contributed by atoms with Crippen LogP contribution in [0.15, 0.2) is 65.9 Å². The molecule has 25 heavy (non-hydrogen) atoms. The summed E-state index contributed by atoms with van der Waals surface area (Å²) in [5.41, 5.74) is 3.80. The third-order valence-electron chi connectivity index (χ3n) is 4.52. The standard InChI is InChI=1S/C20H21N3O2/c1-13-9-7-8-12-16(13)21-19(24)17-14(2)23(3)20(25)22-18(17)15-10-5-4-6-11-15/h4-12,18H,1-3H3,(H,21,24)(H,22,25)/t18-/m0/s1. The Labute approximate surface area is 147 Å². The topological polar surface area (TPSA) is 61.4 Å². The van der Waals surface area contributed by atoms with Crippen molar-refractivity contribution in [2.24, 2.45) is 0 Å². The zero-order valence-corrected chi connectivity index (χ0v) is 14.5. The van der Waals surface area contributed by atoms with E-state index in [4.69, 9.17) is 0 Å². The highest BCUT2D eigenvalue weighted by Gasteiger charge is 2.34. The van der Waals surface area contributed by atoms with Crippen LogP contribution in [0.5, 0.6) is 0 Å². The Morgan fingerprint density at radius 3 is 2.36 bits per heavy atom. The minimum atomic E-state index is -0.478. The van der Waals surface area contributed by atoms with Crippen LogP contribution in [-0.2, 0) is 4.79 Å². The number of amides is 3. The Bertz CT molecular complexity index is 843. The van der Waals surface area contributed by atoms with Crippen molar-refractivity contribution in [1.29, 1.82) is 0 Å². The zero-order valence-electron chi connectivity index (χ0n) is 14.5. The highest BCUT2D eigenvalue weighted by atomic mass is 16.2. The van der Waals surface area contributed by atoms with Crippen molar-refractivity contribution < 1.29 is 9.59 Å². The van der Waals surface area contributed by atoms with Gasteiger partial charge in [0.1, 0.15) is 0 Å². The molecule has 0 radical (unpaired) electrons. The molecule has 1 heterocycles. The van der Waals surface area contributed by atoms with Gasteiger partial charge in [-0.3, -0.25) is 4.79 Å². The minimum Gasteiger partial charge on any atom is -0.327 e. The monoisotopic (exact) mass is 335 g/mol. The molecule has 0 saturated carbocycles. The fraction of sp³-hybridized carbons (Fsp3) is 0.200. The number of aryl methyl sites for hydroxylation is 1. The Morgan fingerprint density at radius 2 is 1.68 bits per heavy atom. The number of allylic oxidation sites excluding steroid dienone is 1. The number of anilines is 1. The van der Waals surface area contributed by atoms with Crippen molar-refractivity contribution in [3.63, 3.8) is 0 Å². The van der Waals surface area contributed by atoms with Crippen molar-refractivity contribution in [2.75, 3.05) is 12.4 Å². The number of urea groups is 1. The summed E-state index contributed by atoms with van der Waals surface area (Å²) in [4.78, 5) is 26.7. The maximum Gasteiger partial charge on any atom is 0.322 e. The predicted octanol–water partition coefficient (Wildman–Crippen LogP) is 3.60. The van der Waals surface area contributed by atoms with Gasteiger partial charge in [0.2, 0.25) is 0 Å². The number of rotatable bonds is 3. The largest absolute Gasteiger partial charge is 0.327 e. The van der Waals surface area contributed by atoms with Crippen LogP contribution < -0.4 is 10.6 Å². The molecular weight excluding hydrogens is 314 g/mol. The van der Waals surface area contributed by atoms with Gasteiger partial charge in [0.15, 0.2) is 0 Å². The fourth-order valence-electron chi connectivity index (χ4n) is 2.93. The van der Waals surface area contributed by atoms with E-state index in [1.165, 1.54) is 4.90 Å². The normalized spacial score (nSPS) is 17.3. The highest BCUT2D eigenvalue weighted by Crippen LogP contribution is 2.30. The van der Waals surface area contributed by atoms with E-state index < -0.39 is 6.04 Å². The third kappa shape index (κ3) is 3.26. The van der Waals surface area contributed by atoms with Crippen LogP contribution in [0.2, 0.25) is 0 Å². The molecule has 2 aromatic carbocycles. The van der Waals surface area contributed by atoms with Crippen LogP contribution in [0.3, 0.4) is 0 Å². The molecule has 128 valence electrons. The van der Waals surface area contributed by atoms with Crippen LogP contribution in [0.1, 0.15) is 24.1 Å². The molecule has 5 nitrogen and oxygen atoms in total. The van der Waals surface area contributed by atoms with E-state index in [0.717, 1.165) is 16.8 Å².